The number of ether oxygens (including phenoxy) is 1. The van der Waals surface area contributed by atoms with Gasteiger partial charge in [0.05, 0.1) is 13.5 Å². The Morgan fingerprint density at radius 2 is 1.75 bits per heavy atom. The molecule has 0 aromatic heterocycles. The normalized spacial score (nSPS) is 11.0. The predicted molar refractivity (Wildman–Crippen MR) is 68.2 cm³/mol. The van der Waals surface area contributed by atoms with Crippen molar-refractivity contribution >= 4 is 19.8 Å². The second-order valence-electron chi connectivity index (χ2n) is 5.28. The summed E-state index contributed by atoms with van der Waals surface area (Å²) in [5.74, 6) is -0.252. The molecule has 3 nitrogen and oxygen atoms in total. The van der Waals surface area contributed by atoms with Gasteiger partial charge < -0.3 is 4.74 Å². The van der Waals surface area contributed by atoms with Crippen LogP contribution in [-0.2, 0) is 14.3 Å². The highest BCUT2D eigenvalue weighted by Gasteiger charge is 2.16. The molecule has 0 spiro atoms. The van der Waals surface area contributed by atoms with Crippen LogP contribution >= 0.6 is 0 Å². The molecule has 92 valence electrons. The van der Waals surface area contributed by atoms with Crippen molar-refractivity contribution < 1.29 is 14.3 Å². The van der Waals surface area contributed by atoms with Crippen molar-refractivity contribution in [1.29, 1.82) is 0 Å². The second-order valence-corrected chi connectivity index (χ2v) is 10.8. The summed E-state index contributed by atoms with van der Waals surface area (Å²) in [6.07, 6.45) is 0.841. The van der Waals surface area contributed by atoms with Gasteiger partial charge in [0.25, 0.3) is 0 Å². The summed E-state index contributed by atoms with van der Waals surface area (Å²) >= 11 is 0. The molecule has 0 rings (SSSR count). The van der Waals surface area contributed by atoms with Crippen LogP contribution in [0.2, 0.25) is 25.7 Å². The SMILES string of the molecule is C=C(CC(=O)CCC(=O)OC)C[Si](C)(C)C. The highest BCUT2D eigenvalue weighted by atomic mass is 28.3. The molecule has 0 amide bonds. The van der Waals surface area contributed by atoms with Crippen molar-refractivity contribution in [2.75, 3.05) is 7.11 Å². The van der Waals surface area contributed by atoms with Crippen LogP contribution < -0.4 is 0 Å². The summed E-state index contributed by atoms with van der Waals surface area (Å²) in [6, 6.07) is 0.969. The van der Waals surface area contributed by atoms with Crippen LogP contribution in [0, 0.1) is 0 Å². The van der Waals surface area contributed by atoms with Gasteiger partial charge in [-0.25, -0.2) is 0 Å². The molecule has 0 aliphatic heterocycles. The van der Waals surface area contributed by atoms with Crippen LogP contribution in [0.5, 0.6) is 0 Å². The Morgan fingerprint density at radius 1 is 1.19 bits per heavy atom. The van der Waals surface area contributed by atoms with Crippen molar-refractivity contribution in [2.24, 2.45) is 0 Å². The maximum atomic E-state index is 11.5. The summed E-state index contributed by atoms with van der Waals surface area (Å²) in [7, 11) is 0.148. The topological polar surface area (TPSA) is 43.4 Å². The van der Waals surface area contributed by atoms with Gasteiger partial charge in [-0.1, -0.05) is 31.8 Å². The smallest absolute Gasteiger partial charge is 0.305 e. The fourth-order valence-corrected chi connectivity index (χ4v) is 3.15. The molecule has 0 saturated heterocycles. The maximum absolute atomic E-state index is 11.5. The number of esters is 1. The van der Waals surface area contributed by atoms with Crippen molar-refractivity contribution in [3.05, 3.63) is 12.2 Å². The average molecular weight is 242 g/mol. The molecular weight excluding hydrogens is 220 g/mol. The van der Waals surface area contributed by atoms with Gasteiger partial charge in [-0.05, 0) is 6.04 Å². The molecule has 0 atom stereocenters. The van der Waals surface area contributed by atoms with E-state index in [1.165, 1.54) is 7.11 Å². The molecule has 0 aliphatic carbocycles. The van der Waals surface area contributed by atoms with Gasteiger partial charge in [-0.15, -0.1) is 0 Å². The highest BCUT2D eigenvalue weighted by molar-refractivity contribution is 6.76. The lowest BCUT2D eigenvalue weighted by molar-refractivity contribution is -0.141. The van der Waals surface area contributed by atoms with E-state index in [9.17, 15) is 9.59 Å². The minimum Gasteiger partial charge on any atom is -0.469 e. The molecule has 0 aliphatic rings. The molecule has 0 saturated carbocycles. The van der Waals surface area contributed by atoms with Crippen LogP contribution in [0.1, 0.15) is 19.3 Å². The van der Waals surface area contributed by atoms with Crippen LogP contribution in [0.25, 0.3) is 0 Å². The van der Waals surface area contributed by atoms with Crippen LogP contribution in [0.3, 0.4) is 0 Å². The van der Waals surface area contributed by atoms with Gasteiger partial charge >= 0.3 is 5.97 Å². The first-order valence-corrected chi connectivity index (χ1v) is 9.20. The Kier molecular flexibility index (Phi) is 6.26. The molecule has 0 fully saturated rings. The highest BCUT2D eigenvalue weighted by Crippen LogP contribution is 2.18. The van der Waals surface area contributed by atoms with Gasteiger partial charge in [0.15, 0.2) is 0 Å². The molecule has 0 radical (unpaired) electrons. The molecular formula is C12H22O3Si. The molecule has 0 aromatic carbocycles. The van der Waals surface area contributed by atoms with Gasteiger partial charge in [0, 0.05) is 20.9 Å². The Bertz CT molecular complexity index is 276. The number of hydrogen-bond donors (Lipinski definition) is 0. The number of hydrogen-bond acceptors (Lipinski definition) is 3. The Labute approximate surface area is 98.9 Å². The minimum absolute atomic E-state index is 0.0775. The Hall–Kier alpha value is -0.903. The van der Waals surface area contributed by atoms with Crippen molar-refractivity contribution in [1.82, 2.24) is 0 Å². The van der Waals surface area contributed by atoms with Gasteiger partial charge in [0.1, 0.15) is 5.78 Å². The predicted octanol–water partition coefficient (Wildman–Crippen LogP) is 2.79. The number of allylic oxidation sites excluding steroid dienone is 1. The first kappa shape index (κ1) is 15.1. The first-order valence-electron chi connectivity index (χ1n) is 5.50. The van der Waals surface area contributed by atoms with E-state index < -0.39 is 8.07 Å². The van der Waals surface area contributed by atoms with Crippen LogP contribution in [0.4, 0.5) is 0 Å². The molecule has 0 bridgehead atoms. The lowest BCUT2D eigenvalue weighted by Gasteiger charge is -2.16. The average Bonchev–Trinajstić information content (AvgIpc) is 2.10. The third kappa shape index (κ3) is 8.41. The largest absolute Gasteiger partial charge is 0.469 e. The van der Waals surface area contributed by atoms with E-state index in [0.717, 1.165) is 11.6 Å². The molecule has 4 heteroatoms. The third-order valence-corrected chi connectivity index (χ3v) is 3.62. The first-order chi connectivity index (χ1) is 7.24. The molecule has 0 aromatic rings. The summed E-state index contributed by atoms with van der Waals surface area (Å²) in [6.45, 7) is 10.7. The summed E-state index contributed by atoms with van der Waals surface area (Å²) in [4.78, 5) is 22.3. The molecule has 0 unspecified atom stereocenters. The zero-order valence-electron chi connectivity index (χ0n) is 10.8. The lowest BCUT2D eigenvalue weighted by Crippen LogP contribution is -2.20. The van der Waals surface area contributed by atoms with E-state index in [1.807, 2.05) is 0 Å². The fourth-order valence-electron chi connectivity index (χ4n) is 1.52. The van der Waals surface area contributed by atoms with Crippen molar-refractivity contribution in [3.63, 3.8) is 0 Å². The van der Waals surface area contributed by atoms with E-state index in [1.54, 1.807) is 0 Å². The Morgan fingerprint density at radius 3 is 2.19 bits per heavy atom. The maximum Gasteiger partial charge on any atom is 0.305 e. The quantitative estimate of drug-likeness (QED) is 0.392. The van der Waals surface area contributed by atoms with E-state index >= 15 is 0 Å². The number of Topliss-reactive ketones (excluding diaryl/α,β-unsaturated/α-hetero) is 1. The second kappa shape index (κ2) is 6.63. The van der Waals surface area contributed by atoms with Crippen molar-refractivity contribution in [3.8, 4) is 0 Å². The number of carbonyl (C=O) groups is 2. The van der Waals surface area contributed by atoms with E-state index in [-0.39, 0.29) is 24.6 Å². The van der Waals surface area contributed by atoms with Crippen molar-refractivity contribution in [2.45, 2.75) is 44.9 Å². The number of rotatable bonds is 7. The van der Waals surface area contributed by atoms with Crippen LogP contribution in [0.15, 0.2) is 12.2 Å². The zero-order chi connectivity index (χ0) is 12.8. The number of carbonyl (C=O) groups excluding carboxylic acids is 2. The standard InChI is InChI=1S/C12H22O3Si/c1-10(9-16(3,4)5)8-11(13)6-7-12(14)15-2/h1,6-9H2,2-5H3. The summed E-state index contributed by atoms with van der Waals surface area (Å²) in [5.41, 5.74) is 0.994. The monoisotopic (exact) mass is 242 g/mol. The van der Waals surface area contributed by atoms with E-state index in [4.69, 9.17) is 0 Å². The van der Waals surface area contributed by atoms with Gasteiger partial charge in [-0.3, -0.25) is 9.59 Å². The summed E-state index contributed by atoms with van der Waals surface area (Å²) in [5, 5.41) is 0. The van der Waals surface area contributed by atoms with Crippen LogP contribution in [-0.4, -0.2) is 26.9 Å². The van der Waals surface area contributed by atoms with E-state index in [0.29, 0.717) is 6.42 Å². The van der Waals surface area contributed by atoms with Gasteiger partial charge in [0.2, 0.25) is 0 Å². The lowest BCUT2D eigenvalue weighted by atomic mass is 10.1. The molecule has 0 N–H and O–H groups in total. The fraction of sp³-hybridized carbons (Fsp3) is 0.667. The summed E-state index contributed by atoms with van der Waals surface area (Å²) < 4.78 is 4.48. The molecule has 16 heavy (non-hydrogen) atoms. The third-order valence-electron chi connectivity index (χ3n) is 2.06. The van der Waals surface area contributed by atoms with Gasteiger partial charge in [-0.2, -0.15) is 0 Å². The van der Waals surface area contributed by atoms with E-state index in [2.05, 4.69) is 31.0 Å². The molecule has 0 heterocycles. The zero-order valence-corrected chi connectivity index (χ0v) is 11.8. The number of ketones is 1. The number of methoxy groups -OCH3 is 1. The minimum atomic E-state index is -1.18. The Balaban J connectivity index is 3.88.